The first kappa shape index (κ1) is 14.3. The Morgan fingerprint density at radius 1 is 1.07 bits per heavy atom. The minimum atomic E-state index is -0.414. The molecule has 0 aromatic carbocycles. The first-order valence-corrected chi connectivity index (χ1v) is 5.65. The molecule has 0 spiro atoms. The number of carbonyl (C=O) groups is 1. The highest BCUT2D eigenvalue weighted by Gasteiger charge is 2.11. The summed E-state index contributed by atoms with van der Waals surface area (Å²) in [6.07, 6.45) is 4.48. The number of nitrogens with two attached hydrogens (primary N) is 3. The van der Waals surface area contributed by atoms with Gasteiger partial charge in [-0.05, 0) is 38.8 Å². The minimum Gasteiger partial charge on any atom is -0.355 e. The zero-order valence-electron chi connectivity index (χ0n) is 9.37. The molecular formula is C10H24N4O. The molecule has 0 saturated carbocycles. The van der Waals surface area contributed by atoms with E-state index in [-0.39, 0.29) is 5.91 Å². The molecule has 0 heterocycles. The zero-order chi connectivity index (χ0) is 11.5. The van der Waals surface area contributed by atoms with E-state index in [2.05, 4.69) is 5.32 Å². The minimum absolute atomic E-state index is 0.0730. The molecule has 0 aliphatic carbocycles. The largest absolute Gasteiger partial charge is 0.355 e. The van der Waals surface area contributed by atoms with Crippen molar-refractivity contribution in [2.75, 3.05) is 19.6 Å². The summed E-state index contributed by atoms with van der Waals surface area (Å²) in [4.78, 5) is 11.4. The van der Waals surface area contributed by atoms with Gasteiger partial charge in [-0.15, -0.1) is 0 Å². The van der Waals surface area contributed by atoms with Gasteiger partial charge in [0.1, 0.15) is 0 Å². The lowest BCUT2D eigenvalue weighted by Crippen LogP contribution is -2.41. The van der Waals surface area contributed by atoms with E-state index in [1.165, 1.54) is 0 Å². The number of amides is 1. The highest BCUT2D eigenvalue weighted by Crippen LogP contribution is 1.94. The second-order valence-corrected chi connectivity index (χ2v) is 3.68. The van der Waals surface area contributed by atoms with Gasteiger partial charge in [-0.3, -0.25) is 4.79 Å². The Morgan fingerprint density at radius 3 is 2.33 bits per heavy atom. The summed E-state index contributed by atoms with van der Waals surface area (Å²) in [5, 5.41) is 2.80. The van der Waals surface area contributed by atoms with Gasteiger partial charge in [0.2, 0.25) is 5.91 Å². The summed E-state index contributed by atoms with van der Waals surface area (Å²) < 4.78 is 0. The lowest BCUT2D eigenvalue weighted by atomic mass is 10.1. The van der Waals surface area contributed by atoms with Gasteiger partial charge in [-0.25, -0.2) is 0 Å². The van der Waals surface area contributed by atoms with E-state index in [4.69, 9.17) is 17.2 Å². The van der Waals surface area contributed by atoms with Crippen molar-refractivity contribution in [2.24, 2.45) is 17.2 Å². The van der Waals surface area contributed by atoms with Crippen molar-refractivity contribution in [1.29, 1.82) is 0 Å². The van der Waals surface area contributed by atoms with E-state index < -0.39 is 6.04 Å². The lowest BCUT2D eigenvalue weighted by molar-refractivity contribution is -0.122. The van der Waals surface area contributed by atoms with Crippen molar-refractivity contribution in [3.8, 4) is 0 Å². The van der Waals surface area contributed by atoms with Crippen molar-refractivity contribution in [1.82, 2.24) is 5.32 Å². The first-order chi connectivity index (χ1) is 7.22. The molecule has 1 amide bonds. The quantitative estimate of drug-likeness (QED) is 0.382. The van der Waals surface area contributed by atoms with E-state index in [1.54, 1.807) is 0 Å². The lowest BCUT2D eigenvalue weighted by Gasteiger charge is -2.11. The number of nitrogens with one attached hydrogen (secondary N) is 1. The van der Waals surface area contributed by atoms with Crippen LogP contribution >= 0.6 is 0 Å². The standard InChI is InChI=1S/C10H24N4O/c11-6-2-1-3-8-14-10(15)9(13)5-4-7-12/h9H,1-8,11-13H2,(H,14,15)/t9-/m0/s1. The average Bonchev–Trinajstić information content (AvgIpc) is 2.25. The molecule has 0 unspecified atom stereocenters. The summed E-state index contributed by atoms with van der Waals surface area (Å²) in [6, 6.07) is -0.414. The Labute approximate surface area is 91.8 Å². The van der Waals surface area contributed by atoms with Crippen LogP contribution in [0.1, 0.15) is 32.1 Å². The molecule has 0 saturated heterocycles. The molecule has 0 radical (unpaired) electrons. The van der Waals surface area contributed by atoms with Crippen LogP contribution in [-0.4, -0.2) is 31.6 Å². The molecule has 5 heteroatoms. The van der Waals surface area contributed by atoms with Crippen LogP contribution in [0.5, 0.6) is 0 Å². The Hall–Kier alpha value is -0.650. The maximum Gasteiger partial charge on any atom is 0.236 e. The van der Waals surface area contributed by atoms with Crippen molar-refractivity contribution in [2.45, 2.75) is 38.1 Å². The molecule has 0 aliphatic heterocycles. The summed E-state index contributed by atoms with van der Waals surface area (Å²) in [5.74, 6) is -0.0730. The van der Waals surface area contributed by atoms with Gasteiger partial charge >= 0.3 is 0 Å². The molecule has 7 N–H and O–H groups in total. The van der Waals surface area contributed by atoms with Crippen molar-refractivity contribution < 1.29 is 4.79 Å². The van der Waals surface area contributed by atoms with Crippen LogP contribution in [0, 0.1) is 0 Å². The van der Waals surface area contributed by atoms with E-state index in [0.717, 1.165) is 25.7 Å². The second-order valence-electron chi connectivity index (χ2n) is 3.68. The molecule has 15 heavy (non-hydrogen) atoms. The molecule has 0 bridgehead atoms. The van der Waals surface area contributed by atoms with Crippen LogP contribution in [0.15, 0.2) is 0 Å². The third-order valence-electron chi connectivity index (χ3n) is 2.24. The van der Waals surface area contributed by atoms with E-state index in [1.807, 2.05) is 0 Å². The number of rotatable bonds is 9. The Morgan fingerprint density at radius 2 is 1.73 bits per heavy atom. The number of unbranched alkanes of at least 4 members (excludes halogenated alkanes) is 2. The third kappa shape index (κ3) is 8.35. The van der Waals surface area contributed by atoms with Gasteiger partial charge < -0.3 is 22.5 Å². The zero-order valence-corrected chi connectivity index (χ0v) is 9.37. The number of carbonyl (C=O) groups excluding carboxylic acids is 1. The SMILES string of the molecule is NCCCCCNC(=O)[C@@H](N)CCCN. The van der Waals surface area contributed by atoms with Crippen LogP contribution in [0.4, 0.5) is 0 Å². The fourth-order valence-electron chi connectivity index (χ4n) is 1.26. The molecule has 0 aromatic heterocycles. The van der Waals surface area contributed by atoms with Crippen LogP contribution < -0.4 is 22.5 Å². The van der Waals surface area contributed by atoms with Gasteiger partial charge in [0.25, 0.3) is 0 Å². The number of hydrogen-bond donors (Lipinski definition) is 4. The number of hydrogen-bond acceptors (Lipinski definition) is 4. The second kappa shape index (κ2) is 9.89. The normalized spacial score (nSPS) is 12.5. The van der Waals surface area contributed by atoms with Gasteiger partial charge in [0.15, 0.2) is 0 Å². The first-order valence-electron chi connectivity index (χ1n) is 5.65. The molecular weight excluding hydrogens is 192 g/mol. The maximum absolute atomic E-state index is 11.4. The summed E-state index contributed by atoms with van der Waals surface area (Å²) in [7, 11) is 0. The van der Waals surface area contributed by atoms with Crippen LogP contribution in [0.2, 0.25) is 0 Å². The fraction of sp³-hybridized carbons (Fsp3) is 0.900. The van der Waals surface area contributed by atoms with Gasteiger partial charge in [-0.1, -0.05) is 6.42 Å². The van der Waals surface area contributed by atoms with Crippen LogP contribution in [0.3, 0.4) is 0 Å². The predicted octanol–water partition coefficient (Wildman–Crippen LogP) is -0.702. The third-order valence-corrected chi connectivity index (χ3v) is 2.24. The maximum atomic E-state index is 11.4. The molecule has 5 nitrogen and oxygen atoms in total. The van der Waals surface area contributed by atoms with Crippen molar-refractivity contribution in [3.63, 3.8) is 0 Å². The molecule has 0 rings (SSSR count). The average molecular weight is 216 g/mol. The fourth-order valence-corrected chi connectivity index (χ4v) is 1.26. The van der Waals surface area contributed by atoms with Crippen LogP contribution in [-0.2, 0) is 4.79 Å². The summed E-state index contributed by atoms with van der Waals surface area (Å²) in [5.41, 5.74) is 16.3. The molecule has 0 aromatic rings. The molecule has 0 fully saturated rings. The Bertz CT molecular complexity index is 164. The predicted molar refractivity (Wildman–Crippen MR) is 62.2 cm³/mol. The van der Waals surface area contributed by atoms with Crippen molar-refractivity contribution >= 4 is 5.91 Å². The summed E-state index contributed by atoms with van der Waals surface area (Å²) >= 11 is 0. The smallest absolute Gasteiger partial charge is 0.236 e. The van der Waals surface area contributed by atoms with E-state index in [9.17, 15) is 4.79 Å². The monoisotopic (exact) mass is 216 g/mol. The topological polar surface area (TPSA) is 107 Å². The molecule has 90 valence electrons. The van der Waals surface area contributed by atoms with Gasteiger partial charge in [0.05, 0.1) is 6.04 Å². The highest BCUT2D eigenvalue weighted by molar-refractivity contribution is 5.81. The van der Waals surface area contributed by atoms with E-state index in [0.29, 0.717) is 26.1 Å². The highest BCUT2D eigenvalue weighted by atomic mass is 16.2. The Kier molecular flexibility index (Phi) is 9.46. The van der Waals surface area contributed by atoms with Gasteiger partial charge in [-0.2, -0.15) is 0 Å². The van der Waals surface area contributed by atoms with Gasteiger partial charge in [0, 0.05) is 6.54 Å². The molecule has 0 aliphatic rings. The van der Waals surface area contributed by atoms with Crippen molar-refractivity contribution in [3.05, 3.63) is 0 Å². The Balaban J connectivity index is 3.38. The van der Waals surface area contributed by atoms with E-state index >= 15 is 0 Å². The summed E-state index contributed by atoms with van der Waals surface area (Å²) in [6.45, 7) is 1.98. The molecule has 1 atom stereocenters. The van der Waals surface area contributed by atoms with Crippen LogP contribution in [0.25, 0.3) is 0 Å².